The van der Waals surface area contributed by atoms with Crippen LogP contribution in [0.4, 0.5) is 11.5 Å². The van der Waals surface area contributed by atoms with E-state index in [1.165, 1.54) is 22.9 Å². The fourth-order valence-electron chi connectivity index (χ4n) is 5.80. The third kappa shape index (κ3) is 7.13. The Morgan fingerprint density at radius 3 is 2.26 bits per heavy atom. The average Bonchev–Trinajstić information content (AvgIpc) is 3.40. The Balaban J connectivity index is 1.26. The molecule has 1 fully saturated rings. The third-order valence-corrected chi connectivity index (χ3v) is 13.9. The van der Waals surface area contributed by atoms with Gasteiger partial charge < -0.3 is 19.6 Å². The molecule has 1 aliphatic rings. The molecule has 2 heterocycles. The number of thioether (sulfide) groups is 1. The first-order valence-electron chi connectivity index (χ1n) is 14.8. The molecular weight excluding hydrogens is 625 g/mol. The molecule has 5 rings (SSSR count). The molecule has 0 radical (unpaired) electrons. The van der Waals surface area contributed by atoms with Crippen LogP contribution < -0.4 is 21.4 Å². The first-order valence-corrected chi connectivity index (χ1v) is 17.7. The summed E-state index contributed by atoms with van der Waals surface area (Å²) in [7, 11) is -2.83. The summed E-state index contributed by atoms with van der Waals surface area (Å²) in [6.07, 6.45) is -0.764. The van der Waals surface area contributed by atoms with E-state index < -0.39 is 43.3 Å². The Labute approximate surface area is 271 Å². The second-order valence-corrected chi connectivity index (χ2v) is 17.3. The first kappa shape index (κ1) is 33.2. The van der Waals surface area contributed by atoms with E-state index in [0.717, 1.165) is 22.1 Å². The summed E-state index contributed by atoms with van der Waals surface area (Å²) >= 11 is 1.01. The lowest BCUT2D eigenvalue weighted by Crippen LogP contribution is -2.67. The van der Waals surface area contributed by atoms with Crippen LogP contribution in [0.2, 0.25) is 5.04 Å². The number of anilines is 1. The van der Waals surface area contributed by atoms with Crippen LogP contribution in [-0.4, -0.2) is 58.4 Å². The lowest BCUT2D eigenvalue weighted by atomic mass is 10.2. The SMILES string of the molecule is CC(C)(C)[Si](OC[C@@H]1C[C@H](O)[C@H](n2ccc(NC(=O)CSc3ccccc3[N+](=O)[O-])nc2=O)O1)(c1ccccc1)c1ccccc1. The van der Waals surface area contributed by atoms with Gasteiger partial charge in [-0.1, -0.05) is 93.6 Å². The molecule has 1 aliphatic heterocycles. The highest BCUT2D eigenvalue weighted by Crippen LogP contribution is 2.38. The number of para-hydroxylation sites is 1. The molecule has 0 bridgehead atoms. The number of aliphatic hydroxyl groups excluding tert-OH is 1. The van der Waals surface area contributed by atoms with Gasteiger partial charge in [0.25, 0.3) is 14.0 Å². The maximum atomic E-state index is 13.0. The summed E-state index contributed by atoms with van der Waals surface area (Å²) < 4.78 is 14.3. The molecule has 0 spiro atoms. The molecule has 1 saturated heterocycles. The van der Waals surface area contributed by atoms with Crippen molar-refractivity contribution in [1.29, 1.82) is 0 Å². The van der Waals surface area contributed by atoms with Crippen molar-refractivity contribution in [2.24, 2.45) is 0 Å². The number of hydrogen-bond donors (Lipinski definition) is 2. The minimum absolute atomic E-state index is 0.0217. The highest BCUT2D eigenvalue weighted by atomic mass is 32.2. The lowest BCUT2D eigenvalue weighted by Gasteiger charge is -2.43. The predicted octanol–water partition coefficient (Wildman–Crippen LogP) is 4.11. The molecule has 2 N–H and O–H groups in total. The second-order valence-electron chi connectivity index (χ2n) is 12.0. The Morgan fingerprint density at radius 2 is 1.67 bits per heavy atom. The van der Waals surface area contributed by atoms with Gasteiger partial charge in [-0.25, -0.2) is 4.79 Å². The highest BCUT2D eigenvalue weighted by Gasteiger charge is 2.51. The van der Waals surface area contributed by atoms with Crippen LogP contribution in [0.3, 0.4) is 0 Å². The number of aromatic nitrogens is 2. The number of carbonyl (C=O) groups excluding carboxylic acids is 1. The lowest BCUT2D eigenvalue weighted by molar-refractivity contribution is -0.387. The van der Waals surface area contributed by atoms with Crippen molar-refractivity contribution in [2.75, 3.05) is 17.7 Å². The Kier molecular flexibility index (Phi) is 10.2. The van der Waals surface area contributed by atoms with Crippen molar-refractivity contribution in [3.63, 3.8) is 0 Å². The van der Waals surface area contributed by atoms with Gasteiger partial charge in [-0.05, 0) is 27.5 Å². The minimum atomic E-state index is -2.83. The highest BCUT2D eigenvalue weighted by molar-refractivity contribution is 8.00. The van der Waals surface area contributed by atoms with E-state index in [0.29, 0.717) is 4.90 Å². The summed E-state index contributed by atoms with van der Waals surface area (Å²) in [4.78, 5) is 40.5. The molecule has 13 heteroatoms. The number of benzene rings is 3. The van der Waals surface area contributed by atoms with Gasteiger partial charge in [0, 0.05) is 18.7 Å². The van der Waals surface area contributed by atoms with Gasteiger partial charge in [0.1, 0.15) is 11.9 Å². The standard InChI is InChI=1S/C33H36N4O7SSi/c1-33(2,3)46(24-12-6-4-7-13-24,25-14-8-5-9-15-25)43-21-23-20-27(38)31(44-23)36-19-18-29(35-32(36)40)34-30(39)22-45-28-17-11-10-16-26(28)37(41)42/h4-19,23,27,31,38H,20-22H2,1-3H3,(H,34,35,39,40)/t23-,27-,31+/m0/s1. The number of rotatable bonds is 11. The summed E-state index contributed by atoms with van der Waals surface area (Å²) in [5, 5.41) is 26.7. The van der Waals surface area contributed by atoms with E-state index in [4.69, 9.17) is 9.16 Å². The van der Waals surface area contributed by atoms with Crippen molar-refractivity contribution in [2.45, 2.75) is 55.6 Å². The fraction of sp³-hybridized carbons (Fsp3) is 0.303. The van der Waals surface area contributed by atoms with Gasteiger partial charge in [0.15, 0.2) is 6.23 Å². The van der Waals surface area contributed by atoms with Crippen molar-refractivity contribution in [1.82, 2.24) is 9.55 Å². The van der Waals surface area contributed by atoms with Crippen LogP contribution in [0.15, 0.2) is 107 Å². The molecule has 1 amide bonds. The number of hydrogen-bond acceptors (Lipinski definition) is 9. The average molecular weight is 661 g/mol. The number of ether oxygens (including phenoxy) is 1. The molecule has 3 aromatic carbocycles. The Morgan fingerprint density at radius 1 is 1.07 bits per heavy atom. The smallest absolute Gasteiger partial charge is 0.351 e. The molecule has 1 aromatic heterocycles. The molecule has 46 heavy (non-hydrogen) atoms. The van der Waals surface area contributed by atoms with Gasteiger partial charge in [-0.3, -0.25) is 19.5 Å². The molecule has 3 atom stereocenters. The number of carbonyl (C=O) groups is 1. The quantitative estimate of drug-likeness (QED) is 0.105. The van der Waals surface area contributed by atoms with Crippen molar-refractivity contribution < 1.29 is 24.0 Å². The summed E-state index contributed by atoms with van der Waals surface area (Å²) in [5.74, 6) is -0.577. The van der Waals surface area contributed by atoms with E-state index in [1.54, 1.807) is 18.2 Å². The van der Waals surface area contributed by atoms with E-state index in [-0.39, 0.29) is 35.3 Å². The Hall–Kier alpha value is -4.14. The summed E-state index contributed by atoms with van der Waals surface area (Å²) in [5.41, 5.74) is -0.798. The number of nitrogens with one attached hydrogen (secondary N) is 1. The summed E-state index contributed by atoms with van der Waals surface area (Å²) in [6.45, 7) is 6.76. The maximum Gasteiger partial charge on any atom is 0.351 e. The third-order valence-electron chi connectivity index (χ3n) is 7.86. The van der Waals surface area contributed by atoms with Crippen molar-refractivity contribution in [3.8, 4) is 0 Å². The van der Waals surface area contributed by atoms with Crippen LogP contribution in [-0.2, 0) is 14.0 Å². The van der Waals surface area contributed by atoms with Crippen LogP contribution in [0.1, 0.15) is 33.4 Å². The molecule has 240 valence electrons. The number of amides is 1. The number of nitro benzene ring substituents is 1. The summed E-state index contributed by atoms with van der Waals surface area (Å²) in [6, 6.07) is 28.0. The van der Waals surface area contributed by atoms with E-state index in [1.807, 2.05) is 36.4 Å². The van der Waals surface area contributed by atoms with Gasteiger partial charge >= 0.3 is 5.69 Å². The fourth-order valence-corrected chi connectivity index (χ4v) is 11.2. The van der Waals surface area contributed by atoms with Crippen LogP contribution in [0.25, 0.3) is 0 Å². The topological polar surface area (TPSA) is 146 Å². The Bertz CT molecular complexity index is 1690. The van der Waals surface area contributed by atoms with Crippen LogP contribution in [0, 0.1) is 10.1 Å². The monoisotopic (exact) mass is 660 g/mol. The van der Waals surface area contributed by atoms with E-state index in [9.17, 15) is 24.8 Å². The molecule has 0 unspecified atom stereocenters. The van der Waals surface area contributed by atoms with E-state index in [2.05, 4.69) is 55.3 Å². The van der Waals surface area contributed by atoms with Gasteiger partial charge in [-0.15, -0.1) is 11.8 Å². The van der Waals surface area contributed by atoms with Crippen LogP contribution in [0.5, 0.6) is 0 Å². The first-order chi connectivity index (χ1) is 22.0. The number of nitrogens with zero attached hydrogens (tertiary/aromatic N) is 3. The molecule has 11 nitrogen and oxygen atoms in total. The predicted molar refractivity (Wildman–Crippen MR) is 179 cm³/mol. The molecule has 0 aliphatic carbocycles. The normalized spacial score (nSPS) is 18.3. The molecular formula is C33H36N4O7SSi. The second kappa shape index (κ2) is 14.1. The van der Waals surface area contributed by atoms with Crippen molar-refractivity contribution >= 4 is 47.9 Å². The maximum absolute atomic E-state index is 13.0. The van der Waals surface area contributed by atoms with Crippen LogP contribution >= 0.6 is 11.8 Å². The largest absolute Gasteiger partial charge is 0.405 e. The minimum Gasteiger partial charge on any atom is -0.405 e. The van der Waals surface area contributed by atoms with Gasteiger partial charge in [-0.2, -0.15) is 4.98 Å². The number of aliphatic hydroxyl groups is 1. The van der Waals surface area contributed by atoms with E-state index >= 15 is 0 Å². The van der Waals surface area contributed by atoms with Gasteiger partial charge in [0.2, 0.25) is 5.91 Å². The zero-order valence-corrected chi connectivity index (χ0v) is 27.6. The zero-order valence-electron chi connectivity index (χ0n) is 25.7. The molecule has 4 aromatic rings. The van der Waals surface area contributed by atoms with Crippen molar-refractivity contribution in [3.05, 3.63) is 118 Å². The van der Waals surface area contributed by atoms with Gasteiger partial charge in [0.05, 0.1) is 28.3 Å². The number of nitro groups is 1. The molecule has 0 saturated carbocycles. The zero-order chi connectivity index (χ0) is 32.9.